The molecule has 0 spiro atoms. The Morgan fingerprint density at radius 1 is 1.60 bits per heavy atom. The SMILES string of the molecule is C=CC(F)CN1CCCC(NC(C)C)C1. The Morgan fingerprint density at radius 2 is 2.33 bits per heavy atom. The average molecular weight is 214 g/mol. The van der Waals surface area contributed by atoms with Gasteiger partial charge < -0.3 is 5.32 Å². The fourth-order valence-corrected chi connectivity index (χ4v) is 2.15. The molecule has 0 aromatic rings. The van der Waals surface area contributed by atoms with E-state index in [-0.39, 0.29) is 0 Å². The minimum Gasteiger partial charge on any atom is -0.311 e. The monoisotopic (exact) mass is 214 g/mol. The molecule has 0 bridgehead atoms. The van der Waals surface area contributed by atoms with Gasteiger partial charge in [-0.25, -0.2) is 4.39 Å². The molecule has 1 aliphatic heterocycles. The molecular formula is C12H23FN2. The van der Waals surface area contributed by atoms with Crippen LogP contribution in [-0.4, -0.2) is 42.8 Å². The lowest BCUT2D eigenvalue weighted by atomic mass is 10.0. The average Bonchev–Trinajstić information content (AvgIpc) is 2.17. The molecule has 88 valence electrons. The van der Waals surface area contributed by atoms with E-state index in [0.717, 1.165) is 19.5 Å². The molecule has 0 aliphatic carbocycles. The maximum absolute atomic E-state index is 13.1. The Labute approximate surface area is 92.5 Å². The quantitative estimate of drug-likeness (QED) is 0.704. The summed E-state index contributed by atoms with van der Waals surface area (Å²) in [5.74, 6) is 0. The van der Waals surface area contributed by atoms with Crippen molar-refractivity contribution in [1.82, 2.24) is 10.2 Å². The first-order valence-corrected chi connectivity index (χ1v) is 5.87. The van der Waals surface area contributed by atoms with E-state index in [1.54, 1.807) is 0 Å². The minimum atomic E-state index is -0.886. The highest BCUT2D eigenvalue weighted by molar-refractivity contribution is 4.85. The smallest absolute Gasteiger partial charge is 0.131 e. The van der Waals surface area contributed by atoms with Crippen LogP contribution in [0.5, 0.6) is 0 Å². The van der Waals surface area contributed by atoms with Crippen LogP contribution in [0.2, 0.25) is 0 Å². The maximum atomic E-state index is 13.1. The van der Waals surface area contributed by atoms with Crippen LogP contribution < -0.4 is 5.32 Å². The molecule has 1 rings (SSSR count). The second-order valence-corrected chi connectivity index (χ2v) is 4.67. The van der Waals surface area contributed by atoms with Crippen molar-refractivity contribution in [2.24, 2.45) is 0 Å². The number of likely N-dealkylation sites (tertiary alicyclic amines) is 1. The molecule has 1 aliphatic rings. The van der Waals surface area contributed by atoms with Crippen LogP contribution in [0.4, 0.5) is 4.39 Å². The summed E-state index contributed by atoms with van der Waals surface area (Å²) in [7, 11) is 0. The van der Waals surface area contributed by atoms with Crippen molar-refractivity contribution in [2.75, 3.05) is 19.6 Å². The molecule has 0 aromatic carbocycles. The van der Waals surface area contributed by atoms with Gasteiger partial charge in [0, 0.05) is 25.2 Å². The van der Waals surface area contributed by atoms with E-state index >= 15 is 0 Å². The fraction of sp³-hybridized carbons (Fsp3) is 0.833. The van der Waals surface area contributed by atoms with E-state index < -0.39 is 6.17 Å². The molecule has 2 unspecified atom stereocenters. The Hall–Kier alpha value is -0.410. The van der Waals surface area contributed by atoms with Crippen LogP contribution in [0.1, 0.15) is 26.7 Å². The first-order chi connectivity index (χ1) is 7.11. The zero-order valence-corrected chi connectivity index (χ0v) is 9.88. The standard InChI is InChI=1S/C12H23FN2/c1-4-11(13)8-15-7-5-6-12(9-15)14-10(2)3/h4,10-12,14H,1,5-9H2,2-3H3. The van der Waals surface area contributed by atoms with Gasteiger partial charge in [0.15, 0.2) is 0 Å². The topological polar surface area (TPSA) is 15.3 Å². The van der Waals surface area contributed by atoms with E-state index in [1.165, 1.54) is 12.5 Å². The molecule has 0 saturated carbocycles. The van der Waals surface area contributed by atoms with Crippen LogP contribution in [0.15, 0.2) is 12.7 Å². The van der Waals surface area contributed by atoms with Crippen molar-refractivity contribution in [3.8, 4) is 0 Å². The predicted molar refractivity (Wildman–Crippen MR) is 62.8 cm³/mol. The van der Waals surface area contributed by atoms with Crippen molar-refractivity contribution in [2.45, 2.75) is 44.9 Å². The summed E-state index contributed by atoms with van der Waals surface area (Å²) >= 11 is 0. The summed E-state index contributed by atoms with van der Waals surface area (Å²) in [4.78, 5) is 2.19. The van der Waals surface area contributed by atoms with Crippen molar-refractivity contribution >= 4 is 0 Å². The number of alkyl halides is 1. The number of hydrogen-bond donors (Lipinski definition) is 1. The van der Waals surface area contributed by atoms with E-state index in [2.05, 4.69) is 30.6 Å². The van der Waals surface area contributed by atoms with E-state index in [0.29, 0.717) is 18.6 Å². The first kappa shape index (κ1) is 12.7. The molecule has 15 heavy (non-hydrogen) atoms. The molecule has 2 nitrogen and oxygen atoms in total. The molecular weight excluding hydrogens is 191 g/mol. The number of nitrogens with zero attached hydrogens (tertiary/aromatic N) is 1. The molecule has 0 radical (unpaired) electrons. The summed E-state index contributed by atoms with van der Waals surface area (Å²) in [6.45, 7) is 10.3. The lowest BCUT2D eigenvalue weighted by Gasteiger charge is -2.34. The predicted octanol–water partition coefficient (Wildman–Crippen LogP) is 1.97. The highest BCUT2D eigenvalue weighted by Gasteiger charge is 2.21. The van der Waals surface area contributed by atoms with Crippen molar-refractivity contribution < 1.29 is 4.39 Å². The van der Waals surface area contributed by atoms with Crippen LogP contribution >= 0.6 is 0 Å². The highest BCUT2D eigenvalue weighted by atomic mass is 19.1. The lowest BCUT2D eigenvalue weighted by Crippen LogP contribution is -2.49. The van der Waals surface area contributed by atoms with Crippen LogP contribution in [0, 0.1) is 0 Å². The Morgan fingerprint density at radius 3 is 2.93 bits per heavy atom. The van der Waals surface area contributed by atoms with Crippen molar-refractivity contribution in [3.63, 3.8) is 0 Å². The van der Waals surface area contributed by atoms with Gasteiger partial charge in [0.2, 0.25) is 0 Å². The van der Waals surface area contributed by atoms with E-state index in [9.17, 15) is 4.39 Å². The summed E-state index contributed by atoms with van der Waals surface area (Å²) < 4.78 is 13.1. The number of halogens is 1. The van der Waals surface area contributed by atoms with Crippen molar-refractivity contribution in [1.29, 1.82) is 0 Å². The molecule has 1 heterocycles. The van der Waals surface area contributed by atoms with Crippen molar-refractivity contribution in [3.05, 3.63) is 12.7 Å². The van der Waals surface area contributed by atoms with Crippen LogP contribution in [0.25, 0.3) is 0 Å². The van der Waals surface area contributed by atoms with E-state index in [4.69, 9.17) is 0 Å². The Kier molecular flexibility index (Phi) is 5.26. The van der Waals surface area contributed by atoms with Gasteiger partial charge in [-0.15, -0.1) is 6.58 Å². The second-order valence-electron chi connectivity index (χ2n) is 4.67. The number of piperidine rings is 1. The summed E-state index contributed by atoms with van der Waals surface area (Å²) in [5.41, 5.74) is 0. The van der Waals surface area contributed by atoms with Gasteiger partial charge in [-0.1, -0.05) is 19.9 Å². The third-order valence-electron chi connectivity index (χ3n) is 2.76. The molecule has 1 N–H and O–H groups in total. The molecule has 0 aromatic heterocycles. The molecule has 1 saturated heterocycles. The molecule has 1 fully saturated rings. The van der Waals surface area contributed by atoms with Gasteiger partial charge in [0.25, 0.3) is 0 Å². The largest absolute Gasteiger partial charge is 0.311 e. The van der Waals surface area contributed by atoms with Crippen LogP contribution in [-0.2, 0) is 0 Å². The number of hydrogen-bond acceptors (Lipinski definition) is 2. The molecule has 0 amide bonds. The van der Waals surface area contributed by atoms with Gasteiger partial charge >= 0.3 is 0 Å². The minimum absolute atomic E-state index is 0.500. The zero-order chi connectivity index (χ0) is 11.3. The maximum Gasteiger partial charge on any atom is 0.131 e. The Bertz CT molecular complexity index is 194. The van der Waals surface area contributed by atoms with Gasteiger partial charge in [0.1, 0.15) is 6.17 Å². The third kappa shape index (κ3) is 4.76. The van der Waals surface area contributed by atoms with Gasteiger partial charge in [-0.05, 0) is 19.4 Å². The van der Waals surface area contributed by atoms with Gasteiger partial charge in [-0.3, -0.25) is 4.90 Å². The van der Waals surface area contributed by atoms with Gasteiger partial charge in [-0.2, -0.15) is 0 Å². The normalized spacial score (nSPS) is 25.5. The highest BCUT2D eigenvalue weighted by Crippen LogP contribution is 2.12. The lowest BCUT2D eigenvalue weighted by molar-refractivity contribution is 0.156. The Balaban J connectivity index is 2.31. The second kappa shape index (κ2) is 6.23. The summed E-state index contributed by atoms with van der Waals surface area (Å²) in [6.07, 6.45) is 2.87. The number of nitrogens with one attached hydrogen (secondary N) is 1. The summed E-state index contributed by atoms with van der Waals surface area (Å²) in [6, 6.07) is 1.03. The van der Waals surface area contributed by atoms with E-state index in [1.807, 2.05) is 0 Å². The number of rotatable bonds is 5. The first-order valence-electron chi connectivity index (χ1n) is 5.87. The summed E-state index contributed by atoms with van der Waals surface area (Å²) in [5, 5.41) is 3.51. The molecule has 2 atom stereocenters. The van der Waals surface area contributed by atoms with Gasteiger partial charge in [0.05, 0.1) is 0 Å². The zero-order valence-electron chi connectivity index (χ0n) is 9.88. The third-order valence-corrected chi connectivity index (χ3v) is 2.76. The fourth-order valence-electron chi connectivity index (χ4n) is 2.15. The molecule has 3 heteroatoms. The van der Waals surface area contributed by atoms with Crippen LogP contribution in [0.3, 0.4) is 0 Å².